The molecule has 2 fully saturated rings. The highest BCUT2D eigenvalue weighted by molar-refractivity contribution is 6.13. The molecular weight excluding hydrogens is 370 g/mol. The topological polar surface area (TPSA) is 76.7 Å². The summed E-state index contributed by atoms with van der Waals surface area (Å²) < 4.78 is 37.6. The van der Waals surface area contributed by atoms with Crippen molar-refractivity contribution in [3.05, 3.63) is 36.4 Å². The minimum atomic E-state index is -1.19. The summed E-state index contributed by atoms with van der Waals surface area (Å²) in [6.45, 7) is 0.280. The highest BCUT2D eigenvalue weighted by Crippen LogP contribution is 2.47. The van der Waals surface area contributed by atoms with Crippen LogP contribution in [0.3, 0.4) is 0 Å². The average Bonchev–Trinajstić information content (AvgIpc) is 3.48. The van der Waals surface area contributed by atoms with Crippen LogP contribution in [0.4, 0.5) is 14.5 Å². The molecule has 2 amide bonds. The first-order chi connectivity index (χ1) is 13.5. The lowest BCUT2D eigenvalue weighted by atomic mass is 9.89. The Morgan fingerprint density at radius 2 is 2.07 bits per heavy atom. The van der Waals surface area contributed by atoms with Gasteiger partial charge in [-0.3, -0.25) is 9.59 Å². The van der Waals surface area contributed by atoms with Gasteiger partial charge in [0, 0.05) is 18.2 Å². The Bertz CT molecular complexity index is 765. The van der Waals surface area contributed by atoms with E-state index in [0.29, 0.717) is 32.1 Å². The number of anilines is 1. The van der Waals surface area contributed by atoms with Gasteiger partial charge < -0.3 is 20.1 Å². The van der Waals surface area contributed by atoms with Crippen molar-refractivity contribution in [1.29, 1.82) is 0 Å². The Morgan fingerprint density at radius 1 is 1.29 bits per heavy atom. The summed E-state index contributed by atoms with van der Waals surface area (Å²) in [6, 6.07) is 3.58. The average molecular weight is 394 g/mol. The Morgan fingerprint density at radius 3 is 2.64 bits per heavy atom. The van der Waals surface area contributed by atoms with Crippen molar-refractivity contribution < 1.29 is 27.8 Å². The molecule has 8 heteroatoms. The van der Waals surface area contributed by atoms with Crippen LogP contribution >= 0.6 is 0 Å². The van der Waals surface area contributed by atoms with Crippen molar-refractivity contribution in [2.24, 2.45) is 5.41 Å². The number of amides is 2. The molecule has 6 nitrogen and oxygen atoms in total. The molecule has 0 saturated heterocycles. The molecule has 2 aliphatic carbocycles. The zero-order chi connectivity index (χ0) is 20.1. The van der Waals surface area contributed by atoms with E-state index in [2.05, 4.69) is 10.6 Å². The molecule has 2 atom stereocenters. The lowest BCUT2D eigenvalue weighted by molar-refractivity contribution is -0.135. The first-order valence-electron chi connectivity index (χ1n) is 9.33. The van der Waals surface area contributed by atoms with Gasteiger partial charge in [0.25, 0.3) is 0 Å². The molecular formula is C20H24F2N2O4. The third-order valence-electron chi connectivity index (χ3n) is 5.09. The van der Waals surface area contributed by atoms with Crippen molar-refractivity contribution in [3.8, 4) is 5.75 Å². The van der Waals surface area contributed by atoms with Gasteiger partial charge in [-0.05, 0) is 43.9 Å². The largest absolute Gasteiger partial charge is 0.505 e. The fraction of sp³-hybridized carbons (Fsp3) is 0.500. The molecule has 3 rings (SSSR count). The van der Waals surface area contributed by atoms with E-state index in [1.165, 1.54) is 25.5 Å². The number of rotatable bonds is 9. The Balaban J connectivity index is 1.54. The van der Waals surface area contributed by atoms with E-state index in [1.807, 2.05) is 0 Å². The molecule has 152 valence electrons. The minimum absolute atomic E-state index is 0.0710. The maximum absolute atomic E-state index is 14.2. The molecule has 0 spiro atoms. The predicted molar refractivity (Wildman–Crippen MR) is 99.0 cm³/mol. The molecule has 0 bridgehead atoms. The van der Waals surface area contributed by atoms with E-state index in [9.17, 15) is 18.4 Å². The number of benzene rings is 1. The van der Waals surface area contributed by atoms with Crippen molar-refractivity contribution >= 4 is 17.5 Å². The standard InChI is InChI=1S/C20H24F2N2O4/c1-27-10-2-3-11-28-17-7-4-13(12-15(17)22)23-18(25)20(8-9-20)19(26)24-16-6-5-14(16)21/h2,4,7,10,12,14,16H,3,5-6,8-9,11H2,1H3,(H,23,25)(H,24,26)/b10-2+/t14?,16-/m1/s1. The molecule has 0 heterocycles. The van der Waals surface area contributed by atoms with Gasteiger partial charge in [0.05, 0.1) is 26.0 Å². The number of hydrogen-bond donors (Lipinski definition) is 2. The van der Waals surface area contributed by atoms with Gasteiger partial charge >= 0.3 is 0 Å². The molecule has 1 aromatic rings. The van der Waals surface area contributed by atoms with Crippen LogP contribution in [0.25, 0.3) is 0 Å². The summed E-state index contributed by atoms with van der Waals surface area (Å²) >= 11 is 0. The molecule has 2 saturated carbocycles. The van der Waals surface area contributed by atoms with Gasteiger partial charge in [-0.2, -0.15) is 0 Å². The molecule has 2 N–H and O–H groups in total. The summed E-state index contributed by atoms with van der Waals surface area (Å²) in [6.07, 6.45) is 4.58. The summed E-state index contributed by atoms with van der Waals surface area (Å²) in [5, 5.41) is 5.19. The first kappa shape index (κ1) is 20.1. The number of halogens is 2. The fourth-order valence-corrected chi connectivity index (χ4v) is 2.96. The smallest absolute Gasteiger partial charge is 0.240 e. The number of nitrogens with one attached hydrogen (secondary N) is 2. The second-order valence-corrected chi connectivity index (χ2v) is 7.10. The lowest BCUT2D eigenvalue weighted by Gasteiger charge is -2.32. The van der Waals surface area contributed by atoms with Crippen LogP contribution < -0.4 is 15.4 Å². The molecule has 0 aliphatic heterocycles. The molecule has 2 aliphatic rings. The van der Waals surface area contributed by atoms with E-state index >= 15 is 0 Å². The van der Waals surface area contributed by atoms with Crippen LogP contribution in [0.2, 0.25) is 0 Å². The van der Waals surface area contributed by atoms with Crippen LogP contribution in [-0.4, -0.2) is 37.7 Å². The summed E-state index contributed by atoms with van der Waals surface area (Å²) in [5.41, 5.74) is -0.950. The molecule has 1 aromatic carbocycles. The number of alkyl halides is 1. The number of methoxy groups -OCH3 is 1. The minimum Gasteiger partial charge on any atom is -0.505 e. The third kappa shape index (κ3) is 4.43. The van der Waals surface area contributed by atoms with Crippen LogP contribution in [0.15, 0.2) is 30.5 Å². The number of carbonyl (C=O) groups excluding carboxylic acids is 2. The van der Waals surface area contributed by atoms with Gasteiger partial charge in [-0.15, -0.1) is 0 Å². The monoisotopic (exact) mass is 394 g/mol. The SMILES string of the molecule is CO/C=C/CCOc1ccc(NC(=O)C2(C(=O)N[C@@H]3CCC3F)CC2)cc1F. The zero-order valence-corrected chi connectivity index (χ0v) is 15.7. The van der Waals surface area contributed by atoms with E-state index < -0.39 is 35.3 Å². The number of carbonyl (C=O) groups is 2. The van der Waals surface area contributed by atoms with Crippen LogP contribution in [0, 0.1) is 11.2 Å². The molecule has 1 unspecified atom stereocenters. The van der Waals surface area contributed by atoms with Crippen LogP contribution in [0.1, 0.15) is 32.1 Å². The number of ether oxygens (including phenoxy) is 2. The number of hydrogen-bond acceptors (Lipinski definition) is 4. The summed E-state index contributed by atoms with van der Waals surface area (Å²) in [7, 11) is 1.53. The fourth-order valence-electron chi connectivity index (χ4n) is 2.96. The quantitative estimate of drug-likeness (QED) is 0.383. The Labute approximate surface area is 162 Å². The molecule has 0 aromatic heterocycles. The normalized spacial score (nSPS) is 22.2. The summed E-state index contributed by atoms with van der Waals surface area (Å²) in [4.78, 5) is 24.9. The van der Waals surface area contributed by atoms with Gasteiger partial charge in [0.2, 0.25) is 11.8 Å². The maximum atomic E-state index is 14.2. The Kier molecular flexibility index (Phi) is 6.16. The first-order valence-corrected chi connectivity index (χ1v) is 9.33. The Hall–Kier alpha value is -2.64. The van der Waals surface area contributed by atoms with Gasteiger partial charge in [0.1, 0.15) is 11.6 Å². The lowest BCUT2D eigenvalue weighted by Crippen LogP contribution is -2.52. The van der Waals surface area contributed by atoms with Gasteiger partial charge in [-0.25, -0.2) is 8.78 Å². The third-order valence-corrected chi connectivity index (χ3v) is 5.09. The second-order valence-electron chi connectivity index (χ2n) is 7.10. The summed E-state index contributed by atoms with van der Waals surface area (Å²) in [5.74, 6) is -1.50. The van der Waals surface area contributed by atoms with Crippen molar-refractivity contribution in [2.45, 2.75) is 44.3 Å². The highest BCUT2D eigenvalue weighted by Gasteiger charge is 2.57. The van der Waals surface area contributed by atoms with E-state index in [-0.39, 0.29) is 18.0 Å². The molecule has 28 heavy (non-hydrogen) atoms. The van der Waals surface area contributed by atoms with Crippen LogP contribution in [0.5, 0.6) is 5.75 Å². The predicted octanol–water partition coefficient (Wildman–Crippen LogP) is 3.09. The van der Waals surface area contributed by atoms with Gasteiger partial charge in [0.15, 0.2) is 11.6 Å². The van der Waals surface area contributed by atoms with E-state index in [0.717, 1.165) is 6.07 Å². The highest BCUT2D eigenvalue weighted by atomic mass is 19.1. The van der Waals surface area contributed by atoms with Gasteiger partial charge in [-0.1, -0.05) is 0 Å². The van der Waals surface area contributed by atoms with E-state index in [4.69, 9.17) is 9.47 Å². The second kappa shape index (κ2) is 8.58. The van der Waals surface area contributed by atoms with Crippen molar-refractivity contribution in [3.63, 3.8) is 0 Å². The van der Waals surface area contributed by atoms with Crippen molar-refractivity contribution in [2.75, 3.05) is 19.0 Å². The van der Waals surface area contributed by atoms with E-state index in [1.54, 1.807) is 6.08 Å². The van der Waals surface area contributed by atoms with Crippen molar-refractivity contribution in [1.82, 2.24) is 5.32 Å². The van der Waals surface area contributed by atoms with Crippen LogP contribution in [-0.2, 0) is 14.3 Å². The maximum Gasteiger partial charge on any atom is 0.240 e. The molecule has 0 radical (unpaired) electrons. The zero-order valence-electron chi connectivity index (χ0n) is 15.7.